The van der Waals surface area contributed by atoms with Crippen LogP contribution < -0.4 is 4.90 Å². The summed E-state index contributed by atoms with van der Waals surface area (Å²) in [5.74, 6) is 0.707. The minimum atomic E-state index is -1.22. The lowest BCUT2D eigenvalue weighted by atomic mass is 9.80. The number of amides is 1. The minimum Gasteiger partial charge on any atom is -0.361 e. The van der Waals surface area contributed by atoms with Crippen LogP contribution in [-0.2, 0) is 27.8 Å². The number of carbonyl (C=O) groups is 2. The molecule has 2 aliphatic rings. The van der Waals surface area contributed by atoms with Crippen molar-refractivity contribution in [2.45, 2.75) is 48.8 Å². The summed E-state index contributed by atoms with van der Waals surface area (Å²) < 4.78 is 5.95. The van der Waals surface area contributed by atoms with E-state index < -0.39 is 13.5 Å². The zero-order valence-corrected chi connectivity index (χ0v) is 22.1. The van der Waals surface area contributed by atoms with Crippen molar-refractivity contribution in [3.63, 3.8) is 0 Å². The van der Waals surface area contributed by atoms with Gasteiger partial charge in [0.05, 0.1) is 5.41 Å². The number of fused-ring (bicyclic) bond motifs is 3. The highest BCUT2D eigenvalue weighted by atomic mass is 32.2. The first-order valence-corrected chi connectivity index (χ1v) is 16.4. The number of ether oxygens (including phenoxy) is 1. The van der Waals surface area contributed by atoms with Crippen molar-refractivity contribution in [3.05, 3.63) is 83.3 Å². The number of rotatable bonds is 7. The highest BCUT2D eigenvalue weighted by Crippen LogP contribution is 2.49. The average molecular weight is 504 g/mol. The summed E-state index contributed by atoms with van der Waals surface area (Å²) >= 11 is 1.17. The van der Waals surface area contributed by atoms with E-state index in [2.05, 4.69) is 29.6 Å². The van der Waals surface area contributed by atoms with E-state index in [0.29, 0.717) is 30.8 Å². The molecule has 0 saturated heterocycles. The summed E-state index contributed by atoms with van der Waals surface area (Å²) in [4.78, 5) is 38.2. The fourth-order valence-corrected chi connectivity index (χ4v) is 6.28. The maximum absolute atomic E-state index is 13.8. The molecule has 6 nitrogen and oxygen atoms in total. The van der Waals surface area contributed by atoms with Gasteiger partial charge in [-0.2, -0.15) is 0 Å². The Balaban J connectivity index is 1.36. The monoisotopic (exact) mass is 503 g/mol. The van der Waals surface area contributed by atoms with Gasteiger partial charge in [-0.1, -0.05) is 56.0 Å². The van der Waals surface area contributed by atoms with E-state index in [9.17, 15) is 9.59 Å². The van der Waals surface area contributed by atoms with Crippen LogP contribution in [0.25, 0.3) is 0 Å². The van der Waals surface area contributed by atoms with E-state index in [4.69, 9.17) is 4.74 Å². The quantitative estimate of drug-likeness (QED) is 0.254. The topological polar surface area (TPSA) is 72.4 Å². The molecule has 1 aliphatic carbocycles. The third-order valence-electron chi connectivity index (χ3n) is 6.65. The number of thioether (sulfide) groups is 1. The van der Waals surface area contributed by atoms with Crippen LogP contribution in [0.3, 0.4) is 0 Å². The number of aromatic nitrogens is 2. The van der Waals surface area contributed by atoms with Crippen LogP contribution in [0.4, 0.5) is 5.82 Å². The second-order valence-corrected chi connectivity index (χ2v) is 17.1. The Morgan fingerprint density at radius 2 is 1.91 bits per heavy atom. The van der Waals surface area contributed by atoms with E-state index in [1.165, 1.54) is 11.8 Å². The SMILES string of the molecule is C[Si](C)(C)CCOCN1C(=O)[C@]2(Cc3cc(SC(=O)c4ccccc4)cnc3C2)c2cccnc21. The number of nitrogens with zero attached hydrogens (tertiary/aromatic N) is 3. The minimum absolute atomic E-state index is 0.0202. The normalized spacial score (nSPS) is 18.7. The first kappa shape index (κ1) is 23.9. The van der Waals surface area contributed by atoms with Crippen LogP contribution >= 0.6 is 11.8 Å². The third kappa shape index (κ3) is 4.70. The summed E-state index contributed by atoms with van der Waals surface area (Å²) in [6.45, 7) is 7.79. The molecular formula is C27H29N3O3SSi. The van der Waals surface area contributed by atoms with Crippen LogP contribution in [0.15, 0.2) is 65.8 Å². The van der Waals surface area contributed by atoms with Gasteiger partial charge in [0.25, 0.3) is 0 Å². The van der Waals surface area contributed by atoms with Crippen molar-refractivity contribution in [3.8, 4) is 0 Å². The van der Waals surface area contributed by atoms with Gasteiger partial charge in [-0.15, -0.1) is 0 Å². The molecule has 0 unspecified atom stereocenters. The van der Waals surface area contributed by atoms with Crippen LogP contribution in [0.5, 0.6) is 0 Å². The molecule has 180 valence electrons. The largest absolute Gasteiger partial charge is 0.361 e. The molecule has 0 saturated carbocycles. The van der Waals surface area contributed by atoms with Gasteiger partial charge in [0.2, 0.25) is 11.0 Å². The Morgan fingerprint density at radius 3 is 2.69 bits per heavy atom. The van der Waals surface area contributed by atoms with Crippen molar-refractivity contribution < 1.29 is 14.3 Å². The van der Waals surface area contributed by atoms with Crippen molar-refractivity contribution >= 4 is 36.7 Å². The zero-order chi connectivity index (χ0) is 24.6. The lowest BCUT2D eigenvalue weighted by Crippen LogP contribution is -2.42. The van der Waals surface area contributed by atoms with E-state index in [1.54, 1.807) is 17.3 Å². The highest BCUT2D eigenvalue weighted by Gasteiger charge is 2.55. The fourth-order valence-electron chi connectivity index (χ4n) is 4.75. The van der Waals surface area contributed by atoms with Crippen LogP contribution in [-0.4, -0.2) is 42.4 Å². The molecule has 3 aromatic rings. The van der Waals surface area contributed by atoms with Crippen molar-refractivity contribution in [1.82, 2.24) is 9.97 Å². The predicted octanol–water partition coefficient (Wildman–Crippen LogP) is 5.10. The standard InChI is InChI=1S/C27H29N3O3SSi/c1-35(2,3)13-12-33-18-30-24-22(10-7-11-28-24)27(26(30)32)15-20-14-21(17-29-23(20)16-27)34-25(31)19-8-5-4-6-9-19/h4-11,14,17H,12-13,15-16,18H2,1-3H3/t27-/m0/s1. The molecular weight excluding hydrogens is 474 g/mol. The number of hydrogen-bond donors (Lipinski definition) is 0. The maximum Gasteiger partial charge on any atom is 0.241 e. The molecule has 1 spiro atoms. The Hall–Kier alpha value is -2.81. The summed E-state index contributed by atoms with van der Waals surface area (Å²) in [7, 11) is -1.22. The number of benzene rings is 1. The third-order valence-corrected chi connectivity index (χ3v) is 9.23. The Kier molecular flexibility index (Phi) is 6.37. The van der Waals surface area contributed by atoms with Crippen LogP contribution in [0, 0.1) is 0 Å². The second-order valence-electron chi connectivity index (χ2n) is 10.4. The van der Waals surface area contributed by atoms with Crippen molar-refractivity contribution in [2.24, 2.45) is 0 Å². The average Bonchev–Trinajstić information content (AvgIpc) is 3.33. The molecule has 5 rings (SSSR count). The van der Waals surface area contributed by atoms with E-state index >= 15 is 0 Å². The summed E-state index contributed by atoms with van der Waals surface area (Å²) in [6.07, 6.45) is 4.55. The number of hydrogen-bond acceptors (Lipinski definition) is 6. The number of anilines is 1. The molecule has 8 heteroatoms. The Morgan fingerprint density at radius 1 is 1.11 bits per heavy atom. The number of carbonyl (C=O) groups excluding carboxylic acids is 2. The molecule has 3 heterocycles. The van der Waals surface area contributed by atoms with Crippen molar-refractivity contribution in [2.75, 3.05) is 18.2 Å². The first-order valence-electron chi connectivity index (χ1n) is 11.9. The summed E-state index contributed by atoms with van der Waals surface area (Å²) in [5, 5.41) is -0.0202. The molecule has 1 atom stereocenters. The van der Waals surface area contributed by atoms with E-state index in [1.807, 2.05) is 48.5 Å². The molecule has 1 aliphatic heterocycles. The highest BCUT2D eigenvalue weighted by molar-refractivity contribution is 8.14. The molecule has 0 fully saturated rings. The van der Waals surface area contributed by atoms with Gasteiger partial charge in [0.1, 0.15) is 12.5 Å². The van der Waals surface area contributed by atoms with E-state index in [-0.39, 0.29) is 17.8 Å². The Labute approximate surface area is 211 Å². The molecule has 1 amide bonds. The first-order chi connectivity index (χ1) is 16.8. The van der Waals surface area contributed by atoms with E-state index in [0.717, 1.165) is 27.8 Å². The van der Waals surface area contributed by atoms with Gasteiger partial charge in [-0.25, -0.2) is 4.98 Å². The van der Waals surface area contributed by atoms with Gasteiger partial charge in [0, 0.05) is 55.2 Å². The Bertz CT molecular complexity index is 1280. The fraction of sp³-hybridized carbons (Fsp3) is 0.333. The van der Waals surface area contributed by atoms with Gasteiger partial charge >= 0.3 is 0 Å². The molecule has 35 heavy (non-hydrogen) atoms. The zero-order valence-electron chi connectivity index (χ0n) is 20.3. The number of pyridine rings is 2. The van der Waals surface area contributed by atoms with Gasteiger partial charge in [-0.3, -0.25) is 19.5 Å². The molecule has 0 radical (unpaired) electrons. The maximum atomic E-state index is 13.8. The van der Waals surface area contributed by atoms with Crippen LogP contribution in [0.2, 0.25) is 25.7 Å². The smallest absolute Gasteiger partial charge is 0.241 e. The molecule has 0 bridgehead atoms. The second kappa shape index (κ2) is 9.33. The van der Waals surface area contributed by atoms with Gasteiger partial charge in [-0.05, 0) is 41.9 Å². The lowest BCUT2D eigenvalue weighted by Gasteiger charge is -2.23. The van der Waals surface area contributed by atoms with Gasteiger partial charge < -0.3 is 4.74 Å². The molecule has 1 aromatic carbocycles. The van der Waals surface area contributed by atoms with Crippen molar-refractivity contribution in [1.29, 1.82) is 0 Å². The summed E-state index contributed by atoms with van der Waals surface area (Å²) in [5.41, 5.74) is 2.80. The lowest BCUT2D eigenvalue weighted by molar-refractivity contribution is -0.124. The van der Waals surface area contributed by atoms with Gasteiger partial charge in [0.15, 0.2) is 0 Å². The molecule has 0 N–H and O–H groups in total. The molecule has 2 aromatic heterocycles. The summed E-state index contributed by atoms with van der Waals surface area (Å²) in [6, 6.07) is 16.2. The van der Waals surface area contributed by atoms with Crippen LogP contribution in [0.1, 0.15) is 27.2 Å². The predicted molar refractivity (Wildman–Crippen MR) is 141 cm³/mol.